The van der Waals surface area contributed by atoms with E-state index < -0.39 is 0 Å². The summed E-state index contributed by atoms with van der Waals surface area (Å²) in [5, 5.41) is 0. The molecule has 0 aliphatic carbocycles. The summed E-state index contributed by atoms with van der Waals surface area (Å²) in [6.45, 7) is 12.0. The fourth-order valence-electron chi connectivity index (χ4n) is 3.41. The molecule has 1 nitrogen and oxygen atoms in total. The van der Waals surface area contributed by atoms with Gasteiger partial charge in [0.25, 0.3) is 0 Å². The van der Waals surface area contributed by atoms with Crippen LogP contribution in [0.25, 0.3) is 0 Å². The summed E-state index contributed by atoms with van der Waals surface area (Å²) in [4.78, 5) is 2.60. The molecule has 0 aromatic heterocycles. The zero-order valence-corrected chi connectivity index (χ0v) is 13.4. The number of hydrogen-bond donors (Lipinski definition) is 0. The Morgan fingerprint density at radius 3 is 1.83 bits per heavy atom. The highest BCUT2D eigenvalue weighted by Crippen LogP contribution is 2.49. The highest BCUT2D eigenvalue weighted by atomic mass is 79.9. The first-order valence-corrected chi connectivity index (χ1v) is 7.70. The second kappa shape index (κ2) is 3.75. The van der Waals surface area contributed by atoms with E-state index in [1.165, 1.54) is 47.2 Å². The summed E-state index contributed by atoms with van der Waals surface area (Å²) >= 11 is 3.71. The normalized spacial score (nSPS) is 23.7. The summed E-state index contributed by atoms with van der Waals surface area (Å²) in [6, 6.07) is 4.68. The van der Waals surface area contributed by atoms with Crippen LogP contribution in [0.3, 0.4) is 0 Å². The first-order chi connectivity index (χ1) is 8.31. The largest absolute Gasteiger partial charge is 0.371 e. The molecule has 1 aromatic carbocycles. The SMILES string of the molecule is CC1(C)CCN2CCC(C)(C)c3cc(Br)cc1c32. The molecule has 0 spiro atoms. The molecule has 0 fully saturated rings. The third kappa shape index (κ3) is 1.72. The van der Waals surface area contributed by atoms with Gasteiger partial charge in [0.1, 0.15) is 0 Å². The number of benzene rings is 1. The van der Waals surface area contributed by atoms with Gasteiger partial charge in [0.15, 0.2) is 0 Å². The van der Waals surface area contributed by atoms with E-state index in [1.54, 1.807) is 0 Å². The Kier molecular flexibility index (Phi) is 2.61. The third-order valence-electron chi connectivity index (χ3n) is 4.86. The van der Waals surface area contributed by atoms with Crippen LogP contribution >= 0.6 is 15.9 Å². The molecule has 1 aromatic rings. The fourth-order valence-corrected chi connectivity index (χ4v) is 3.86. The van der Waals surface area contributed by atoms with E-state index in [0.29, 0.717) is 10.8 Å². The average molecular weight is 308 g/mol. The first-order valence-electron chi connectivity index (χ1n) is 6.91. The number of hydrogen-bond acceptors (Lipinski definition) is 1. The Hall–Kier alpha value is -0.500. The molecular weight excluding hydrogens is 286 g/mol. The molecule has 0 bridgehead atoms. The number of halogens is 1. The van der Waals surface area contributed by atoms with Gasteiger partial charge in [0.05, 0.1) is 0 Å². The average Bonchev–Trinajstić information content (AvgIpc) is 2.27. The van der Waals surface area contributed by atoms with Gasteiger partial charge in [-0.25, -0.2) is 0 Å². The van der Waals surface area contributed by atoms with Crippen molar-refractivity contribution < 1.29 is 0 Å². The monoisotopic (exact) mass is 307 g/mol. The second-order valence-corrected chi connectivity index (χ2v) is 8.02. The Morgan fingerprint density at radius 2 is 1.39 bits per heavy atom. The van der Waals surface area contributed by atoms with Crippen LogP contribution in [-0.2, 0) is 10.8 Å². The molecule has 0 saturated carbocycles. The molecule has 2 aliphatic rings. The standard InChI is InChI=1S/C16H22BrN/c1-15(2)5-7-18-8-6-16(3,4)13-10-11(17)9-12(15)14(13)18/h9-10H,5-8H2,1-4H3. The Bertz CT molecular complexity index is 461. The molecule has 98 valence electrons. The van der Waals surface area contributed by atoms with Crippen LogP contribution in [0, 0.1) is 0 Å². The molecule has 0 amide bonds. The van der Waals surface area contributed by atoms with Crippen molar-refractivity contribution in [3.63, 3.8) is 0 Å². The lowest BCUT2D eigenvalue weighted by Crippen LogP contribution is -2.44. The smallest absolute Gasteiger partial charge is 0.0443 e. The predicted octanol–water partition coefficient (Wildman–Crippen LogP) is 4.62. The van der Waals surface area contributed by atoms with E-state index in [9.17, 15) is 0 Å². The Balaban J connectivity index is 2.31. The zero-order valence-electron chi connectivity index (χ0n) is 11.8. The van der Waals surface area contributed by atoms with Gasteiger partial charge in [0.2, 0.25) is 0 Å². The van der Waals surface area contributed by atoms with Crippen molar-refractivity contribution in [2.75, 3.05) is 18.0 Å². The van der Waals surface area contributed by atoms with Gasteiger partial charge in [-0.3, -0.25) is 0 Å². The van der Waals surface area contributed by atoms with Crippen molar-refractivity contribution in [1.29, 1.82) is 0 Å². The van der Waals surface area contributed by atoms with E-state index in [0.717, 1.165) is 0 Å². The van der Waals surface area contributed by atoms with Gasteiger partial charge in [-0.2, -0.15) is 0 Å². The number of rotatable bonds is 0. The van der Waals surface area contributed by atoms with Gasteiger partial charge in [0, 0.05) is 23.2 Å². The number of anilines is 1. The molecule has 2 heteroatoms. The van der Waals surface area contributed by atoms with Crippen LogP contribution in [0.4, 0.5) is 5.69 Å². The van der Waals surface area contributed by atoms with Crippen molar-refractivity contribution in [1.82, 2.24) is 0 Å². The van der Waals surface area contributed by atoms with E-state index in [4.69, 9.17) is 0 Å². The van der Waals surface area contributed by atoms with Gasteiger partial charge in [-0.05, 0) is 46.9 Å². The van der Waals surface area contributed by atoms with Crippen molar-refractivity contribution in [2.24, 2.45) is 0 Å². The lowest BCUT2D eigenvalue weighted by molar-refractivity contribution is 0.401. The molecule has 2 heterocycles. The van der Waals surface area contributed by atoms with E-state index in [-0.39, 0.29) is 0 Å². The van der Waals surface area contributed by atoms with E-state index in [1.807, 2.05) is 0 Å². The van der Waals surface area contributed by atoms with Gasteiger partial charge in [-0.15, -0.1) is 0 Å². The molecule has 2 aliphatic heterocycles. The maximum Gasteiger partial charge on any atom is 0.0443 e. The minimum Gasteiger partial charge on any atom is -0.371 e. The summed E-state index contributed by atoms with van der Waals surface area (Å²) < 4.78 is 1.24. The van der Waals surface area contributed by atoms with Crippen LogP contribution in [0.2, 0.25) is 0 Å². The van der Waals surface area contributed by atoms with Crippen LogP contribution in [0.1, 0.15) is 51.7 Å². The van der Waals surface area contributed by atoms with Crippen LogP contribution < -0.4 is 4.90 Å². The molecule has 3 rings (SSSR count). The molecule has 0 radical (unpaired) electrons. The molecule has 0 unspecified atom stereocenters. The van der Waals surface area contributed by atoms with E-state index >= 15 is 0 Å². The topological polar surface area (TPSA) is 3.24 Å². The zero-order chi connectivity index (χ0) is 13.1. The van der Waals surface area contributed by atoms with Crippen LogP contribution in [0.5, 0.6) is 0 Å². The van der Waals surface area contributed by atoms with Gasteiger partial charge >= 0.3 is 0 Å². The molecule has 0 N–H and O–H groups in total. The van der Waals surface area contributed by atoms with E-state index in [2.05, 4.69) is 60.7 Å². The molecular formula is C16H22BrN. The minimum absolute atomic E-state index is 0.303. The number of nitrogens with zero attached hydrogens (tertiary/aromatic N) is 1. The lowest BCUT2D eigenvalue weighted by atomic mass is 9.70. The molecule has 0 saturated heterocycles. The maximum atomic E-state index is 3.71. The Morgan fingerprint density at radius 1 is 0.944 bits per heavy atom. The molecule has 0 atom stereocenters. The first kappa shape index (κ1) is 12.5. The predicted molar refractivity (Wildman–Crippen MR) is 81.6 cm³/mol. The van der Waals surface area contributed by atoms with Crippen LogP contribution in [-0.4, -0.2) is 13.1 Å². The summed E-state index contributed by atoms with van der Waals surface area (Å²) in [6.07, 6.45) is 2.52. The highest BCUT2D eigenvalue weighted by molar-refractivity contribution is 9.10. The summed E-state index contributed by atoms with van der Waals surface area (Å²) in [5.41, 5.74) is 5.21. The third-order valence-corrected chi connectivity index (χ3v) is 5.32. The summed E-state index contributed by atoms with van der Waals surface area (Å²) in [5.74, 6) is 0. The van der Waals surface area contributed by atoms with Gasteiger partial charge < -0.3 is 4.90 Å². The summed E-state index contributed by atoms with van der Waals surface area (Å²) in [7, 11) is 0. The molecule has 18 heavy (non-hydrogen) atoms. The van der Waals surface area contributed by atoms with Crippen molar-refractivity contribution in [3.05, 3.63) is 27.7 Å². The van der Waals surface area contributed by atoms with Crippen molar-refractivity contribution >= 4 is 21.6 Å². The lowest BCUT2D eigenvalue weighted by Gasteiger charge is -2.48. The highest BCUT2D eigenvalue weighted by Gasteiger charge is 2.39. The fraction of sp³-hybridized carbons (Fsp3) is 0.625. The van der Waals surface area contributed by atoms with Gasteiger partial charge in [-0.1, -0.05) is 43.6 Å². The second-order valence-electron chi connectivity index (χ2n) is 7.10. The van der Waals surface area contributed by atoms with Crippen LogP contribution in [0.15, 0.2) is 16.6 Å². The quantitative estimate of drug-likeness (QED) is 0.676. The maximum absolute atomic E-state index is 3.71. The minimum atomic E-state index is 0.303. The Labute approximate surface area is 119 Å². The van der Waals surface area contributed by atoms with Crippen molar-refractivity contribution in [2.45, 2.75) is 51.4 Å². The van der Waals surface area contributed by atoms with Crippen molar-refractivity contribution in [3.8, 4) is 0 Å².